The molecule has 0 fully saturated rings. The van der Waals surface area contributed by atoms with E-state index < -0.39 is 10.0 Å². The number of benzene rings is 1. The van der Waals surface area contributed by atoms with Crippen molar-refractivity contribution in [1.82, 2.24) is 4.31 Å². The lowest BCUT2D eigenvalue weighted by atomic mass is 9.87. The van der Waals surface area contributed by atoms with Crippen LogP contribution >= 0.6 is 0 Å². The highest BCUT2D eigenvalue weighted by Gasteiger charge is 2.37. The van der Waals surface area contributed by atoms with Crippen LogP contribution in [0, 0.1) is 12.8 Å². The summed E-state index contributed by atoms with van der Waals surface area (Å²) in [5.74, 6) is 0.564. The molecule has 1 heterocycles. The first-order valence-corrected chi connectivity index (χ1v) is 11.8. The van der Waals surface area contributed by atoms with Crippen LogP contribution in [-0.2, 0) is 10.0 Å². The molecule has 4 heteroatoms. The van der Waals surface area contributed by atoms with Crippen LogP contribution < -0.4 is 0 Å². The van der Waals surface area contributed by atoms with Crippen molar-refractivity contribution in [3.8, 4) is 0 Å². The summed E-state index contributed by atoms with van der Waals surface area (Å²) in [5.41, 5.74) is 2.47. The highest BCUT2D eigenvalue weighted by molar-refractivity contribution is 7.89. The summed E-state index contributed by atoms with van der Waals surface area (Å²) in [6, 6.07) is 7.34. The first kappa shape index (κ1) is 19.6. The highest BCUT2D eigenvalue weighted by atomic mass is 32.2. The van der Waals surface area contributed by atoms with Crippen LogP contribution in [0.5, 0.6) is 0 Å². The van der Waals surface area contributed by atoms with Gasteiger partial charge in [-0.1, -0.05) is 74.8 Å². The van der Waals surface area contributed by atoms with Crippen molar-refractivity contribution in [3.63, 3.8) is 0 Å². The van der Waals surface area contributed by atoms with E-state index in [1.54, 1.807) is 16.4 Å². The maximum absolute atomic E-state index is 13.3. The Labute approximate surface area is 159 Å². The number of aryl methyl sites for hydroxylation is 1. The zero-order chi connectivity index (χ0) is 18.6. The fraction of sp³-hybridized carbons (Fsp3) is 0.636. The molecule has 1 aromatic carbocycles. The minimum absolute atomic E-state index is 0.0403. The van der Waals surface area contributed by atoms with Gasteiger partial charge < -0.3 is 0 Å². The monoisotopic (exact) mass is 375 g/mol. The van der Waals surface area contributed by atoms with Crippen LogP contribution in [0.3, 0.4) is 0 Å². The molecule has 2 atom stereocenters. The van der Waals surface area contributed by atoms with Gasteiger partial charge in [0.2, 0.25) is 10.0 Å². The number of sulfonamides is 1. The summed E-state index contributed by atoms with van der Waals surface area (Å²) >= 11 is 0. The van der Waals surface area contributed by atoms with E-state index in [1.165, 1.54) is 50.5 Å². The molecule has 2 unspecified atom stereocenters. The second-order valence-corrected chi connectivity index (χ2v) is 9.89. The smallest absolute Gasteiger partial charge is 0.207 e. The number of hydrogen-bond acceptors (Lipinski definition) is 2. The minimum Gasteiger partial charge on any atom is -0.207 e. The molecule has 3 nitrogen and oxygen atoms in total. The van der Waals surface area contributed by atoms with Crippen molar-refractivity contribution in [2.45, 2.75) is 82.6 Å². The van der Waals surface area contributed by atoms with Crippen molar-refractivity contribution in [3.05, 3.63) is 41.5 Å². The van der Waals surface area contributed by atoms with E-state index in [2.05, 4.69) is 13.0 Å². The molecular formula is C22H33NO2S. The maximum atomic E-state index is 13.3. The van der Waals surface area contributed by atoms with Crippen molar-refractivity contribution in [1.29, 1.82) is 0 Å². The lowest BCUT2D eigenvalue weighted by molar-refractivity contribution is 0.379. The summed E-state index contributed by atoms with van der Waals surface area (Å²) < 4.78 is 28.4. The highest BCUT2D eigenvalue weighted by Crippen LogP contribution is 2.36. The third kappa shape index (κ3) is 4.40. The van der Waals surface area contributed by atoms with Crippen molar-refractivity contribution < 1.29 is 8.42 Å². The zero-order valence-corrected chi connectivity index (χ0v) is 17.1. The van der Waals surface area contributed by atoms with E-state index in [4.69, 9.17) is 0 Å². The van der Waals surface area contributed by atoms with Crippen molar-refractivity contribution >= 4 is 10.0 Å². The molecule has 2 aliphatic rings. The van der Waals surface area contributed by atoms with E-state index in [0.717, 1.165) is 18.4 Å². The molecule has 1 aliphatic carbocycles. The first-order valence-electron chi connectivity index (χ1n) is 10.3. The quantitative estimate of drug-likeness (QED) is 0.641. The molecule has 0 amide bonds. The second kappa shape index (κ2) is 8.71. The topological polar surface area (TPSA) is 37.4 Å². The van der Waals surface area contributed by atoms with Gasteiger partial charge in [0.15, 0.2) is 0 Å². The molecule has 26 heavy (non-hydrogen) atoms. The second-order valence-electron chi connectivity index (χ2n) is 8.00. The van der Waals surface area contributed by atoms with E-state index in [0.29, 0.717) is 17.4 Å². The SMILES string of the molecule is CCCCC1CCCCCCC2C=C1CN2S(=O)(=O)c1ccc(C)cc1. The fourth-order valence-corrected chi connectivity index (χ4v) is 5.94. The Morgan fingerprint density at radius 2 is 1.73 bits per heavy atom. The maximum Gasteiger partial charge on any atom is 0.243 e. The molecule has 144 valence electrons. The van der Waals surface area contributed by atoms with Gasteiger partial charge in [0, 0.05) is 12.6 Å². The summed E-state index contributed by atoms with van der Waals surface area (Å²) in [5, 5.41) is 0. The number of unbranched alkanes of at least 4 members (excludes halogenated alkanes) is 1. The van der Waals surface area contributed by atoms with Gasteiger partial charge in [-0.25, -0.2) is 8.42 Å². The molecule has 1 aromatic rings. The van der Waals surface area contributed by atoms with Crippen LogP contribution in [0.2, 0.25) is 0 Å². The van der Waals surface area contributed by atoms with Crippen LogP contribution in [0.15, 0.2) is 40.8 Å². The molecule has 1 aliphatic heterocycles. The Kier molecular flexibility index (Phi) is 6.57. The van der Waals surface area contributed by atoms with Crippen LogP contribution in [-0.4, -0.2) is 25.3 Å². The van der Waals surface area contributed by atoms with Crippen LogP contribution in [0.1, 0.15) is 70.3 Å². The molecule has 2 bridgehead atoms. The molecule has 3 rings (SSSR count). The Morgan fingerprint density at radius 3 is 2.42 bits per heavy atom. The van der Waals surface area contributed by atoms with Gasteiger partial charge in [0.05, 0.1) is 4.90 Å². The number of fused-ring (bicyclic) bond motifs is 1. The normalized spacial score (nSPS) is 25.1. The molecule has 0 N–H and O–H groups in total. The van der Waals surface area contributed by atoms with Gasteiger partial charge in [0.25, 0.3) is 0 Å². The summed E-state index contributed by atoms with van der Waals surface area (Å²) in [7, 11) is -3.43. The third-order valence-corrected chi connectivity index (χ3v) is 7.86. The average Bonchev–Trinajstić information content (AvgIpc) is 3.04. The summed E-state index contributed by atoms with van der Waals surface area (Å²) in [4.78, 5) is 0.433. The van der Waals surface area contributed by atoms with E-state index in [-0.39, 0.29) is 6.04 Å². The standard InChI is InChI=1S/C22H33NO2S/c1-3-4-9-19-10-7-5-6-8-11-21-16-20(19)17-23(21)26(24,25)22-14-12-18(2)13-15-22/h12-16,19,21H,3-11,17H2,1-2H3. The lowest BCUT2D eigenvalue weighted by Gasteiger charge is -2.24. The predicted octanol–water partition coefficient (Wildman–Crippen LogP) is 5.45. The summed E-state index contributed by atoms with van der Waals surface area (Å²) in [6.07, 6.45) is 13.0. The van der Waals surface area contributed by atoms with Gasteiger partial charge in [-0.05, 0) is 44.2 Å². The zero-order valence-electron chi connectivity index (χ0n) is 16.3. The number of hydrogen-bond donors (Lipinski definition) is 0. The van der Waals surface area contributed by atoms with Crippen molar-refractivity contribution in [2.75, 3.05) is 6.54 Å². The Balaban J connectivity index is 1.86. The van der Waals surface area contributed by atoms with Crippen molar-refractivity contribution in [2.24, 2.45) is 5.92 Å². The van der Waals surface area contributed by atoms with Crippen LogP contribution in [0.4, 0.5) is 0 Å². The minimum atomic E-state index is -3.43. The Hall–Kier alpha value is -1.13. The van der Waals surface area contributed by atoms with E-state index in [1.807, 2.05) is 19.1 Å². The van der Waals surface area contributed by atoms with Gasteiger partial charge in [-0.15, -0.1) is 0 Å². The molecule has 0 saturated carbocycles. The van der Waals surface area contributed by atoms with Gasteiger partial charge in [0.1, 0.15) is 0 Å². The lowest BCUT2D eigenvalue weighted by Crippen LogP contribution is -2.36. The molecule has 0 saturated heterocycles. The largest absolute Gasteiger partial charge is 0.243 e. The van der Waals surface area contributed by atoms with Gasteiger partial charge >= 0.3 is 0 Å². The van der Waals surface area contributed by atoms with E-state index >= 15 is 0 Å². The Morgan fingerprint density at radius 1 is 1.04 bits per heavy atom. The third-order valence-electron chi connectivity index (χ3n) is 5.98. The Bertz CT molecular complexity index is 721. The predicted molar refractivity (Wildman–Crippen MR) is 108 cm³/mol. The first-order chi connectivity index (χ1) is 12.5. The van der Waals surface area contributed by atoms with Gasteiger partial charge in [-0.2, -0.15) is 4.31 Å². The fourth-order valence-electron chi connectivity index (χ4n) is 4.34. The average molecular weight is 376 g/mol. The molecular weight excluding hydrogens is 342 g/mol. The summed E-state index contributed by atoms with van der Waals surface area (Å²) in [6.45, 7) is 4.82. The van der Waals surface area contributed by atoms with Gasteiger partial charge in [-0.3, -0.25) is 0 Å². The molecule has 0 radical (unpaired) electrons. The molecule has 0 spiro atoms. The number of rotatable bonds is 5. The van der Waals surface area contributed by atoms with E-state index in [9.17, 15) is 8.42 Å². The molecule has 0 aromatic heterocycles. The van der Waals surface area contributed by atoms with Crippen LogP contribution in [0.25, 0.3) is 0 Å². The number of nitrogens with zero attached hydrogens (tertiary/aromatic N) is 1.